The van der Waals surface area contributed by atoms with E-state index in [0.29, 0.717) is 12.2 Å². The van der Waals surface area contributed by atoms with Crippen LogP contribution in [0.2, 0.25) is 0 Å². The Kier molecular flexibility index (Phi) is 68.5. The Hall–Kier alpha value is -0.714. The van der Waals surface area contributed by atoms with E-state index in [2.05, 4.69) is 0 Å². The Balaban J connectivity index is -0.0000000117. The molecule has 0 aromatic rings. The summed E-state index contributed by atoms with van der Waals surface area (Å²) >= 11 is 0. The van der Waals surface area contributed by atoms with E-state index in [9.17, 15) is 9.59 Å². The summed E-state index contributed by atoms with van der Waals surface area (Å²) < 4.78 is 0. The first kappa shape index (κ1) is 39.6. The molecule has 0 saturated carbocycles. The molecule has 0 aromatic carbocycles. The number of hydrogen-bond donors (Lipinski definition) is 2. The summed E-state index contributed by atoms with van der Waals surface area (Å²) in [5.74, 6) is -2.51. The number of carboxylic acid groups (broad SMARTS) is 2. The fourth-order valence-electron chi connectivity index (χ4n) is 0.143. The third-order valence-electron chi connectivity index (χ3n) is 0.368. The van der Waals surface area contributed by atoms with E-state index < -0.39 is 11.9 Å². The minimum absolute atomic E-state index is 0. The van der Waals surface area contributed by atoms with Gasteiger partial charge in [-0.25, -0.2) is 9.59 Å². The number of rotatable bonds is 2. The molecule has 0 unspecified atom stereocenters. The van der Waals surface area contributed by atoms with Crippen LogP contribution in [0.25, 0.3) is 0 Å². The van der Waals surface area contributed by atoms with Crippen LogP contribution in [-0.2, 0) is 9.59 Å². The molecule has 8 nitrogen and oxygen atoms in total. The summed E-state index contributed by atoms with van der Waals surface area (Å²) in [6, 6.07) is 0. The zero-order valence-corrected chi connectivity index (χ0v) is 7.99. The molecule has 0 aromatic heterocycles. The third-order valence-corrected chi connectivity index (χ3v) is 0.368. The number of aliphatic carboxylic acids is 2. The first-order valence-corrected chi connectivity index (χ1v) is 1.77. The van der Waals surface area contributed by atoms with Crippen LogP contribution in [0.4, 0.5) is 0 Å². The van der Waals surface area contributed by atoms with Crippen molar-refractivity contribution in [1.29, 1.82) is 0 Å². The fraction of sp³-hybridized carbons (Fsp3) is 0. The van der Waals surface area contributed by atoms with Gasteiger partial charge in [0.25, 0.3) is 0 Å². The molecule has 0 atom stereocenters. The second-order valence-corrected chi connectivity index (χ2v) is 1.01. The molecule has 0 fully saturated rings. The molecule has 0 saturated heterocycles. The van der Waals surface area contributed by atoms with Crippen LogP contribution in [0, 0.1) is 0 Å². The molecule has 0 aliphatic carbocycles. The molecular weight excluding hydrogens is 200 g/mol. The molecule has 0 aliphatic rings. The quantitative estimate of drug-likeness (QED) is 0.351. The van der Waals surface area contributed by atoms with Crippen LogP contribution in [0.5, 0.6) is 0 Å². The van der Waals surface area contributed by atoms with Crippen molar-refractivity contribution in [3.63, 3.8) is 0 Å². The third kappa shape index (κ3) is 53.0. The molecule has 0 radical (unpaired) electrons. The minimum Gasteiger partial charge on any atom is -1.00 e. The standard InChI is InChI=1S/C4H4O4.Mg.4H2O.2H/c5-3(6)1-2-4(7)8;;;;;;;/h1-2H,(H,5,6)(H,7,8);;4*1H2;;/q;+2;;;;;2*-1/b2-1+;;;;;;;. The number of carbonyl (C=O) groups is 2. The molecule has 80 valence electrons. The molecule has 0 aliphatic heterocycles. The molecular formula is C4H14MgO8. The monoisotopic (exact) mass is 214 g/mol. The van der Waals surface area contributed by atoms with Crippen LogP contribution in [0.1, 0.15) is 2.85 Å². The van der Waals surface area contributed by atoms with E-state index in [1.54, 1.807) is 0 Å². The molecule has 0 spiro atoms. The van der Waals surface area contributed by atoms with Crippen molar-refractivity contribution >= 4 is 35.0 Å². The Morgan fingerprint density at radius 1 is 0.846 bits per heavy atom. The fourth-order valence-corrected chi connectivity index (χ4v) is 0.143. The van der Waals surface area contributed by atoms with Gasteiger partial charge in [-0.05, 0) is 0 Å². The molecule has 0 heterocycles. The van der Waals surface area contributed by atoms with Gasteiger partial charge >= 0.3 is 35.0 Å². The summed E-state index contributed by atoms with van der Waals surface area (Å²) in [5.41, 5.74) is 0. The van der Waals surface area contributed by atoms with Gasteiger partial charge in [-0.3, -0.25) is 0 Å². The normalized spacial score (nSPS) is 5.85. The van der Waals surface area contributed by atoms with Crippen molar-refractivity contribution in [2.24, 2.45) is 0 Å². The first-order valence-electron chi connectivity index (χ1n) is 1.77. The number of hydrogen-bond acceptors (Lipinski definition) is 2. The summed E-state index contributed by atoms with van der Waals surface area (Å²) in [6.07, 6.45) is 1.12. The molecule has 9 heteroatoms. The van der Waals surface area contributed by atoms with Gasteiger partial charge in [0.2, 0.25) is 0 Å². The van der Waals surface area contributed by atoms with E-state index >= 15 is 0 Å². The number of carboxylic acids is 2. The van der Waals surface area contributed by atoms with Crippen LogP contribution >= 0.6 is 0 Å². The smallest absolute Gasteiger partial charge is 1.00 e. The Bertz CT molecular complexity index is 136. The van der Waals surface area contributed by atoms with Crippen LogP contribution < -0.4 is 0 Å². The van der Waals surface area contributed by atoms with Crippen molar-refractivity contribution in [1.82, 2.24) is 0 Å². The minimum atomic E-state index is -1.26. The summed E-state index contributed by atoms with van der Waals surface area (Å²) in [4.78, 5) is 19.1. The average molecular weight is 214 g/mol. The maximum atomic E-state index is 9.55. The van der Waals surface area contributed by atoms with E-state index in [1.165, 1.54) is 0 Å². The average Bonchev–Trinajstić information content (AvgIpc) is 1.61. The second kappa shape index (κ2) is 22.5. The van der Waals surface area contributed by atoms with Gasteiger partial charge in [0.15, 0.2) is 0 Å². The van der Waals surface area contributed by atoms with Gasteiger partial charge in [-0.1, -0.05) is 0 Å². The van der Waals surface area contributed by atoms with E-state index in [0.717, 1.165) is 0 Å². The summed E-state index contributed by atoms with van der Waals surface area (Å²) in [5, 5.41) is 15.6. The SMILES string of the molecule is O.O.O.O.O=C(O)/C=C/C(=O)O.[H-].[H-].[Mg+2]. The van der Waals surface area contributed by atoms with Gasteiger partial charge < -0.3 is 35.0 Å². The topological polar surface area (TPSA) is 201 Å². The van der Waals surface area contributed by atoms with Crippen molar-refractivity contribution in [2.75, 3.05) is 0 Å². The predicted molar refractivity (Wildman–Crippen MR) is 46.8 cm³/mol. The Labute approximate surface area is 92.2 Å². The van der Waals surface area contributed by atoms with E-state index in [4.69, 9.17) is 10.2 Å². The van der Waals surface area contributed by atoms with Gasteiger partial charge in [-0.15, -0.1) is 0 Å². The molecule has 10 N–H and O–H groups in total. The van der Waals surface area contributed by atoms with Crippen LogP contribution in [-0.4, -0.2) is 67.1 Å². The maximum absolute atomic E-state index is 9.55. The van der Waals surface area contributed by atoms with Crippen molar-refractivity contribution in [2.45, 2.75) is 0 Å². The van der Waals surface area contributed by atoms with Gasteiger partial charge in [-0.2, -0.15) is 0 Å². The molecule has 0 amide bonds. The Morgan fingerprint density at radius 2 is 1.00 bits per heavy atom. The summed E-state index contributed by atoms with van der Waals surface area (Å²) in [6.45, 7) is 0. The van der Waals surface area contributed by atoms with E-state index in [-0.39, 0.29) is 47.8 Å². The Morgan fingerprint density at radius 3 is 1.08 bits per heavy atom. The predicted octanol–water partition coefficient (Wildman–Crippen LogP) is -3.74. The van der Waals surface area contributed by atoms with Crippen molar-refractivity contribution < 1.29 is 44.6 Å². The maximum Gasteiger partial charge on any atom is 2.00 e. The van der Waals surface area contributed by atoms with Crippen molar-refractivity contribution in [3.05, 3.63) is 12.2 Å². The first-order chi connectivity index (χ1) is 3.63. The van der Waals surface area contributed by atoms with Gasteiger partial charge in [0.1, 0.15) is 0 Å². The largest absolute Gasteiger partial charge is 2.00 e. The summed E-state index contributed by atoms with van der Waals surface area (Å²) in [7, 11) is 0. The molecule has 13 heavy (non-hydrogen) atoms. The second-order valence-electron chi connectivity index (χ2n) is 1.01. The van der Waals surface area contributed by atoms with Crippen LogP contribution in [0.15, 0.2) is 12.2 Å². The van der Waals surface area contributed by atoms with Crippen LogP contribution in [0.3, 0.4) is 0 Å². The molecule has 0 bridgehead atoms. The zero-order valence-electron chi connectivity index (χ0n) is 8.57. The van der Waals surface area contributed by atoms with Crippen molar-refractivity contribution in [3.8, 4) is 0 Å². The molecule has 0 rings (SSSR count). The zero-order chi connectivity index (χ0) is 6.57. The van der Waals surface area contributed by atoms with Gasteiger partial charge in [0, 0.05) is 12.2 Å². The van der Waals surface area contributed by atoms with E-state index in [1.807, 2.05) is 0 Å². The van der Waals surface area contributed by atoms with Gasteiger partial charge in [0.05, 0.1) is 0 Å².